The van der Waals surface area contributed by atoms with Crippen LogP contribution in [0.1, 0.15) is 46.5 Å². The average Bonchev–Trinajstić information content (AvgIpc) is 2.00. The van der Waals surface area contributed by atoms with Crippen molar-refractivity contribution < 1.29 is 14.3 Å². The number of hydrogen-bond acceptors (Lipinski definition) is 3. The Hall–Kier alpha value is -0.570. The molecule has 0 aliphatic carbocycles. The summed E-state index contributed by atoms with van der Waals surface area (Å²) in [5.74, 6) is 0.262. The van der Waals surface area contributed by atoms with Crippen LogP contribution in [0.15, 0.2) is 0 Å². The third kappa shape index (κ3) is 9.73. The van der Waals surface area contributed by atoms with Gasteiger partial charge in [0.25, 0.3) is 0 Å². The molecule has 0 saturated heterocycles. The maximum absolute atomic E-state index is 11.2. The van der Waals surface area contributed by atoms with Gasteiger partial charge < -0.3 is 4.74 Å². The van der Waals surface area contributed by atoms with Crippen molar-refractivity contribution in [2.45, 2.75) is 52.6 Å². The molecule has 4 heteroatoms. The Kier molecular flexibility index (Phi) is 7.39. The van der Waals surface area contributed by atoms with E-state index in [4.69, 9.17) is 16.3 Å². The minimum atomic E-state index is -0.405. The second kappa shape index (κ2) is 7.69. The average molecular weight is 235 g/mol. The molecule has 0 radical (unpaired) electrons. The predicted molar refractivity (Wildman–Crippen MR) is 59.7 cm³/mol. The van der Waals surface area contributed by atoms with Gasteiger partial charge in [-0.3, -0.25) is 9.59 Å². The summed E-state index contributed by atoms with van der Waals surface area (Å²) in [4.78, 5) is 21.6. The highest BCUT2D eigenvalue weighted by molar-refractivity contribution is 6.63. The zero-order chi connectivity index (χ0) is 11.8. The van der Waals surface area contributed by atoms with E-state index in [9.17, 15) is 9.59 Å². The van der Waals surface area contributed by atoms with Crippen LogP contribution in [-0.4, -0.2) is 17.3 Å². The SMILES string of the molecule is CC(C)CC(C)OC(=O)CCCC(=O)Cl. The highest BCUT2D eigenvalue weighted by atomic mass is 35.5. The highest BCUT2D eigenvalue weighted by Crippen LogP contribution is 2.09. The number of rotatable bonds is 7. The van der Waals surface area contributed by atoms with E-state index in [0.29, 0.717) is 12.3 Å². The number of esters is 1. The van der Waals surface area contributed by atoms with Gasteiger partial charge in [-0.1, -0.05) is 13.8 Å². The fourth-order valence-corrected chi connectivity index (χ4v) is 1.50. The second-order valence-corrected chi connectivity index (χ2v) is 4.56. The van der Waals surface area contributed by atoms with Crippen LogP contribution in [0.3, 0.4) is 0 Å². The van der Waals surface area contributed by atoms with Crippen LogP contribution in [0, 0.1) is 5.92 Å². The Morgan fingerprint density at radius 3 is 2.27 bits per heavy atom. The standard InChI is InChI=1S/C11H19ClO3/c1-8(2)7-9(3)15-11(14)6-4-5-10(12)13/h8-9H,4-7H2,1-3H3. The lowest BCUT2D eigenvalue weighted by molar-refractivity contribution is -0.148. The molecule has 15 heavy (non-hydrogen) atoms. The summed E-state index contributed by atoms with van der Waals surface area (Å²) < 4.78 is 5.15. The minimum Gasteiger partial charge on any atom is -0.463 e. The van der Waals surface area contributed by atoms with Crippen LogP contribution in [0.5, 0.6) is 0 Å². The molecule has 0 N–H and O–H groups in total. The third-order valence-electron chi connectivity index (χ3n) is 1.89. The molecular weight excluding hydrogens is 216 g/mol. The summed E-state index contributed by atoms with van der Waals surface area (Å²) in [7, 11) is 0. The van der Waals surface area contributed by atoms with E-state index in [2.05, 4.69) is 13.8 Å². The molecule has 0 aromatic heterocycles. The molecule has 1 unspecified atom stereocenters. The molecule has 0 saturated carbocycles. The lowest BCUT2D eigenvalue weighted by Crippen LogP contribution is -2.16. The van der Waals surface area contributed by atoms with Crippen LogP contribution >= 0.6 is 11.6 Å². The van der Waals surface area contributed by atoms with Gasteiger partial charge in [-0.25, -0.2) is 0 Å². The van der Waals surface area contributed by atoms with E-state index in [1.54, 1.807) is 0 Å². The van der Waals surface area contributed by atoms with E-state index in [1.165, 1.54) is 0 Å². The van der Waals surface area contributed by atoms with Crippen molar-refractivity contribution in [3.05, 3.63) is 0 Å². The lowest BCUT2D eigenvalue weighted by atomic mass is 10.1. The zero-order valence-electron chi connectivity index (χ0n) is 9.59. The molecule has 0 amide bonds. The first-order valence-corrected chi connectivity index (χ1v) is 5.67. The summed E-state index contributed by atoms with van der Waals surface area (Å²) >= 11 is 5.14. The molecule has 0 aliphatic heterocycles. The van der Waals surface area contributed by atoms with Crippen molar-refractivity contribution in [1.29, 1.82) is 0 Å². The summed E-state index contributed by atoms with van der Waals surface area (Å²) in [6.45, 7) is 6.04. The smallest absolute Gasteiger partial charge is 0.306 e. The minimum absolute atomic E-state index is 0.0517. The van der Waals surface area contributed by atoms with E-state index >= 15 is 0 Å². The largest absolute Gasteiger partial charge is 0.463 e. The number of hydrogen-bond donors (Lipinski definition) is 0. The maximum Gasteiger partial charge on any atom is 0.306 e. The van der Waals surface area contributed by atoms with E-state index in [-0.39, 0.29) is 24.9 Å². The summed E-state index contributed by atoms with van der Waals surface area (Å²) in [5.41, 5.74) is 0. The van der Waals surface area contributed by atoms with Gasteiger partial charge in [0.2, 0.25) is 5.24 Å². The molecule has 0 fully saturated rings. The van der Waals surface area contributed by atoms with Crippen LogP contribution in [0.2, 0.25) is 0 Å². The molecule has 1 atom stereocenters. The van der Waals surface area contributed by atoms with Crippen molar-refractivity contribution in [2.75, 3.05) is 0 Å². The second-order valence-electron chi connectivity index (χ2n) is 4.14. The van der Waals surface area contributed by atoms with Gasteiger partial charge in [-0.2, -0.15) is 0 Å². The van der Waals surface area contributed by atoms with Gasteiger partial charge in [0.15, 0.2) is 0 Å². The maximum atomic E-state index is 11.2. The Balaban J connectivity index is 3.60. The topological polar surface area (TPSA) is 43.4 Å². The molecular formula is C11H19ClO3. The van der Waals surface area contributed by atoms with E-state index < -0.39 is 5.24 Å². The van der Waals surface area contributed by atoms with Crippen LogP contribution in [-0.2, 0) is 14.3 Å². The first-order valence-electron chi connectivity index (χ1n) is 5.29. The number of carbonyl (C=O) groups is 2. The first-order chi connectivity index (χ1) is 6.91. The van der Waals surface area contributed by atoms with Gasteiger partial charge in [-0.05, 0) is 37.3 Å². The predicted octanol–water partition coefficient (Wildman–Crippen LogP) is 2.90. The summed E-state index contributed by atoms with van der Waals surface area (Å²) in [6, 6.07) is 0. The van der Waals surface area contributed by atoms with Crippen molar-refractivity contribution in [3.63, 3.8) is 0 Å². The molecule has 0 rings (SSSR count). The number of halogens is 1. The lowest BCUT2D eigenvalue weighted by Gasteiger charge is -2.14. The molecule has 0 spiro atoms. The monoisotopic (exact) mass is 234 g/mol. The molecule has 3 nitrogen and oxygen atoms in total. The zero-order valence-corrected chi connectivity index (χ0v) is 10.3. The molecule has 88 valence electrons. The normalized spacial score (nSPS) is 12.6. The van der Waals surface area contributed by atoms with E-state index in [1.807, 2.05) is 6.92 Å². The van der Waals surface area contributed by atoms with E-state index in [0.717, 1.165) is 6.42 Å². The molecule has 0 bridgehead atoms. The van der Waals surface area contributed by atoms with Crippen LogP contribution < -0.4 is 0 Å². The van der Waals surface area contributed by atoms with Gasteiger partial charge in [0, 0.05) is 12.8 Å². The Bertz CT molecular complexity index is 214. The first kappa shape index (κ1) is 14.4. The van der Waals surface area contributed by atoms with Crippen LogP contribution in [0.4, 0.5) is 0 Å². The fraction of sp³-hybridized carbons (Fsp3) is 0.818. The van der Waals surface area contributed by atoms with Crippen molar-refractivity contribution >= 4 is 22.8 Å². The molecule has 0 aromatic carbocycles. The Morgan fingerprint density at radius 1 is 1.20 bits per heavy atom. The summed E-state index contributed by atoms with van der Waals surface area (Å²) in [5, 5.41) is -0.405. The molecule has 0 aromatic rings. The van der Waals surface area contributed by atoms with Gasteiger partial charge in [-0.15, -0.1) is 0 Å². The van der Waals surface area contributed by atoms with Crippen molar-refractivity contribution in [1.82, 2.24) is 0 Å². The fourth-order valence-electron chi connectivity index (χ4n) is 1.37. The number of carbonyl (C=O) groups excluding carboxylic acids is 2. The van der Waals surface area contributed by atoms with Gasteiger partial charge in [0.1, 0.15) is 0 Å². The number of ether oxygens (including phenoxy) is 1. The van der Waals surface area contributed by atoms with Gasteiger partial charge in [0.05, 0.1) is 6.10 Å². The van der Waals surface area contributed by atoms with Crippen LogP contribution in [0.25, 0.3) is 0 Å². The third-order valence-corrected chi connectivity index (χ3v) is 2.08. The Morgan fingerprint density at radius 2 is 1.80 bits per heavy atom. The van der Waals surface area contributed by atoms with Gasteiger partial charge >= 0.3 is 5.97 Å². The molecule has 0 heterocycles. The van der Waals surface area contributed by atoms with Crippen molar-refractivity contribution in [3.8, 4) is 0 Å². The highest BCUT2D eigenvalue weighted by Gasteiger charge is 2.11. The Labute approximate surface area is 96.1 Å². The summed E-state index contributed by atoms with van der Waals surface area (Å²) in [6.07, 6.45) is 1.77. The quantitative estimate of drug-likeness (QED) is 0.503. The molecule has 0 aliphatic rings. The van der Waals surface area contributed by atoms with Crippen molar-refractivity contribution in [2.24, 2.45) is 5.92 Å².